The molecular weight excluding hydrogens is 220 g/mol. The third kappa shape index (κ3) is 3.05. The van der Waals surface area contributed by atoms with Crippen LogP contribution >= 0.6 is 0 Å². The fourth-order valence-corrected chi connectivity index (χ4v) is 2.90. The Morgan fingerprint density at radius 1 is 1.22 bits per heavy atom. The van der Waals surface area contributed by atoms with E-state index >= 15 is 0 Å². The van der Waals surface area contributed by atoms with Gasteiger partial charge in [0, 0.05) is 24.8 Å². The molecule has 100 valence electrons. The summed E-state index contributed by atoms with van der Waals surface area (Å²) in [5.74, 6) is 0. The first-order valence-electron chi connectivity index (χ1n) is 7.32. The molecule has 1 fully saturated rings. The van der Waals surface area contributed by atoms with E-state index in [1.54, 1.807) is 0 Å². The maximum atomic E-state index is 3.56. The van der Waals surface area contributed by atoms with E-state index in [2.05, 4.69) is 49.2 Å². The quantitative estimate of drug-likeness (QED) is 0.878. The molecule has 0 aromatic heterocycles. The number of hydrogen-bond donors (Lipinski definition) is 1. The van der Waals surface area contributed by atoms with Crippen LogP contribution in [0.1, 0.15) is 37.8 Å². The van der Waals surface area contributed by atoms with Gasteiger partial charge in [-0.2, -0.15) is 0 Å². The number of anilines is 1. The molecule has 1 aliphatic heterocycles. The van der Waals surface area contributed by atoms with Gasteiger partial charge in [0.05, 0.1) is 0 Å². The van der Waals surface area contributed by atoms with Crippen molar-refractivity contribution >= 4 is 5.69 Å². The van der Waals surface area contributed by atoms with Crippen LogP contribution in [0, 0.1) is 6.92 Å². The van der Waals surface area contributed by atoms with Gasteiger partial charge in [-0.15, -0.1) is 0 Å². The van der Waals surface area contributed by atoms with E-state index in [1.165, 1.54) is 42.7 Å². The fraction of sp³-hybridized carbons (Fsp3) is 0.625. The molecule has 0 unspecified atom stereocenters. The van der Waals surface area contributed by atoms with Crippen LogP contribution in [0.15, 0.2) is 18.2 Å². The second-order valence-electron chi connectivity index (χ2n) is 5.28. The van der Waals surface area contributed by atoms with Crippen molar-refractivity contribution < 1.29 is 0 Å². The molecule has 0 saturated carbocycles. The molecule has 2 nitrogen and oxygen atoms in total. The van der Waals surface area contributed by atoms with Gasteiger partial charge >= 0.3 is 0 Å². The van der Waals surface area contributed by atoms with Gasteiger partial charge < -0.3 is 10.2 Å². The zero-order valence-electron chi connectivity index (χ0n) is 12.0. The molecule has 1 heterocycles. The van der Waals surface area contributed by atoms with Crippen LogP contribution in [0.3, 0.4) is 0 Å². The Balaban J connectivity index is 1.99. The highest BCUT2D eigenvalue weighted by Crippen LogP contribution is 2.23. The topological polar surface area (TPSA) is 15.3 Å². The number of hydrogen-bond acceptors (Lipinski definition) is 2. The van der Waals surface area contributed by atoms with Crippen molar-refractivity contribution in [3.63, 3.8) is 0 Å². The highest BCUT2D eigenvalue weighted by molar-refractivity contribution is 5.51. The number of nitrogens with zero attached hydrogens (tertiary/aromatic N) is 1. The van der Waals surface area contributed by atoms with E-state index in [-0.39, 0.29) is 0 Å². The molecule has 1 aromatic rings. The molecule has 1 aromatic carbocycles. The third-order valence-electron chi connectivity index (χ3n) is 4.06. The molecule has 0 aliphatic carbocycles. The first-order chi connectivity index (χ1) is 8.74. The Labute approximate surface area is 111 Å². The van der Waals surface area contributed by atoms with Gasteiger partial charge in [0.15, 0.2) is 0 Å². The average Bonchev–Trinajstić information content (AvgIpc) is 2.40. The van der Waals surface area contributed by atoms with Crippen LogP contribution in [0.2, 0.25) is 0 Å². The second kappa shape index (κ2) is 6.24. The van der Waals surface area contributed by atoms with Crippen molar-refractivity contribution in [1.82, 2.24) is 5.32 Å². The summed E-state index contributed by atoms with van der Waals surface area (Å²) in [4.78, 5) is 2.53. The lowest BCUT2D eigenvalue weighted by Crippen LogP contribution is -2.42. The molecule has 2 rings (SSSR count). The first-order valence-corrected chi connectivity index (χ1v) is 7.32. The summed E-state index contributed by atoms with van der Waals surface area (Å²) in [5, 5.41) is 3.56. The Morgan fingerprint density at radius 3 is 2.50 bits per heavy atom. The van der Waals surface area contributed by atoms with Crippen LogP contribution in [0.4, 0.5) is 5.69 Å². The van der Waals surface area contributed by atoms with Crippen molar-refractivity contribution in [3.05, 3.63) is 29.3 Å². The first kappa shape index (κ1) is 13.4. The fourth-order valence-electron chi connectivity index (χ4n) is 2.90. The predicted octanol–water partition coefficient (Wildman–Crippen LogP) is 3.14. The molecule has 2 heteroatoms. The lowest BCUT2D eigenvalue weighted by Gasteiger charge is -2.34. The van der Waals surface area contributed by atoms with Gasteiger partial charge in [0.25, 0.3) is 0 Å². The number of rotatable bonds is 4. The summed E-state index contributed by atoms with van der Waals surface area (Å²) >= 11 is 0. The van der Waals surface area contributed by atoms with E-state index < -0.39 is 0 Å². The van der Waals surface area contributed by atoms with Crippen LogP contribution < -0.4 is 10.2 Å². The molecule has 0 radical (unpaired) electrons. The number of nitrogens with one attached hydrogen (secondary N) is 1. The van der Waals surface area contributed by atoms with E-state index in [9.17, 15) is 0 Å². The van der Waals surface area contributed by atoms with E-state index in [1.807, 2.05) is 0 Å². The smallest absolute Gasteiger partial charge is 0.0369 e. The Kier molecular flexibility index (Phi) is 4.65. The van der Waals surface area contributed by atoms with Crippen molar-refractivity contribution in [3.8, 4) is 0 Å². The average molecular weight is 246 g/mol. The maximum Gasteiger partial charge on any atom is 0.0369 e. The number of piperidine rings is 1. The van der Waals surface area contributed by atoms with Crippen molar-refractivity contribution in [2.45, 2.75) is 46.1 Å². The molecule has 0 bridgehead atoms. The normalized spacial score (nSPS) is 17.2. The Morgan fingerprint density at radius 2 is 1.94 bits per heavy atom. The monoisotopic (exact) mass is 246 g/mol. The second-order valence-corrected chi connectivity index (χ2v) is 5.28. The molecule has 0 spiro atoms. The Hall–Kier alpha value is -1.02. The summed E-state index contributed by atoms with van der Waals surface area (Å²) in [6.45, 7) is 10.1. The van der Waals surface area contributed by atoms with E-state index in [0.717, 1.165) is 19.0 Å². The molecular formula is C16H26N2. The van der Waals surface area contributed by atoms with Crippen molar-refractivity contribution in [2.24, 2.45) is 0 Å². The van der Waals surface area contributed by atoms with Gasteiger partial charge in [-0.3, -0.25) is 0 Å². The molecule has 1 aliphatic rings. The zero-order valence-corrected chi connectivity index (χ0v) is 12.0. The highest BCUT2D eigenvalue weighted by atomic mass is 15.1. The summed E-state index contributed by atoms with van der Waals surface area (Å²) in [6.07, 6.45) is 3.67. The SMILES string of the molecule is CCNC1CCN(c2ccc(CC)c(C)c2)CC1. The molecule has 1 N–H and O–H groups in total. The zero-order chi connectivity index (χ0) is 13.0. The largest absolute Gasteiger partial charge is 0.371 e. The highest BCUT2D eigenvalue weighted by Gasteiger charge is 2.18. The summed E-state index contributed by atoms with van der Waals surface area (Å²) < 4.78 is 0. The van der Waals surface area contributed by atoms with Gasteiger partial charge in [-0.25, -0.2) is 0 Å². The van der Waals surface area contributed by atoms with Gasteiger partial charge in [0.2, 0.25) is 0 Å². The van der Waals surface area contributed by atoms with Crippen molar-refractivity contribution in [2.75, 3.05) is 24.5 Å². The lowest BCUT2D eigenvalue weighted by atomic mass is 10.0. The molecule has 1 saturated heterocycles. The maximum absolute atomic E-state index is 3.56. The predicted molar refractivity (Wildman–Crippen MR) is 79.5 cm³/mol. The summed E-state index contributed by atoms with van der Waals surface area (Å²) in [6, 6.07) is 7.66. The van der Waals surface area contributed by atoms with Crippen LogP contribution in [-0.2, 0) is 6.42 Å². The van der Waals surface area contributed by atoms with Crippen molar-refractivity contribution in [1.29, 1.82) is 0 Å². The van der Waals surface area contributed by atoms with Crippen LogP contribution in [-0.4, -0.2) is 25.7 Å². The van der Waals surface area contributed by atoms with Crippen LogP contribution in [0.25, 0.3) is 0 Å². The summed E-state index contributed by atoms with van der Waals surface area (Å²) in [7, 11) is 0. The minimum atomic E-state index is 0.724. The Bertz CT molecular complexity index is 379. The van der Waals surface area contributed by atoms with E-state index in [0.29, 0.717) is 0 Å². The molecule has 0 amide bonds. The minimum Gasteiger partial charge on any atom is -0.371 e. The molecule has 18 heavy (non-hydrogen) atoms. The number of aryl methyl sites for hydroxylation is 2. The van der Waals surface area contributed by atoms with Gasteiger partial charge in [-0.05, 0) is 56.0 Å². The molecule has 0 atom stereocenters. The number of benzene rings is 1. The third-order valence-corrected chi connectivity index (χ3v) is 4.06. The van der Waals surface area contributed by atoms with Crippen LogP contribution in [0.5, 0.6) is 0 Å². The van der Waals surface area contributed by atoms with Gasteiger partial charge in [-0.1, -0.05) is 19.9 Å². The van der Waals surface area contributed by atoms with Gasteiger partial charge in [0.1, 0.15) is 0 Å². The summed E-state index contributed by atoms with van der Waals surface area (Å²) in [5.41, 5.74) is 4.31. The van der Waals surface area contributed by atoms with E-state index in [4.69, 9.17) is 0 Å². The lowest BCUT2D eigenvalue weighted by molar-refractivity contribution is 0.424. The minimum absolute atomic E-state index is 0.724. The standard InChI is InChI=1S/C16H26N2/c1-4-14-6-7-16(12-13(14)3)18-10-8-15(9-11-18)17-5-2/h6-7,12,15,17H,4-5,8-11H2,1-3H3.